The first-order chi connectivity index (χ1) is 20.8. The molecule has 4 atom stereocenters. The minimum absolute atomic E-state index is 0.216. The highest BCUT2D eigenvalue weighted by Gasteiger charge is 2.41. The van der Waals surface area contributed by atoms with Crippen LogP contribution in [0.4, 0.5) is 0 Å². The molecule has 1 fully saturated rings. The highest BCUT2D eigenvalue weighted by Crippen LogP contribution is 2.29. The van der Waals surface area contributed by atoms with Crippen molar-refractivity contribution in [1.29, 1.82) is 0 Å². The van der Waals surface area contributed by atoms with Crippen molar-refractivity contribution in [2.24, 2.45) is 5.73 Å². The molecule has 3 N–H and O–H groups in total. The third kappa shape index (κ3) is 8.98. The number of para-hydroxylation sites is 1. The number of H-pyrrole nitrogens is 1. The van der Waals surface area contributed by atoms with Gasteiger partial charge in [-0.15, -0.1) is 0 Å². The Bertz CT molecular complexity index is 1300. The summed E-state index contributed by atoms with van der Waals surface area (Å²) in [5, 5.41) is 1.23. The summed E-state index contributed by atoms with van der Waals surface area (Å²) < 4.78 is 32.1. The van der Waals surface area contributed by atoms with Crippen LogP contribution < -0.4 is 5.73 Å². The fraction of sp³-hybridized carbons (Fsp3) is 0.429. The zero-order chi connectivity index (χ0) is 28.8. The second-order valence-corrected chi connectivity index (χ2v) is 10.8. The van der Waals surface area contributed by atoms with Crippen LogP contribution in [0.1, 0.15) is 42.4 Å². The number of aromatic nitrogens is 1. The van der Waals surface area contributed by atoms with E-state index in [1.54, 1.807) is 0 Å². The Hall–Kier alpha value is -3.04. The Morgan fingerprint density at radius 3 is 2.24 bits per heavy atom. The number of nitrogens with one attached hydrogen (secondary N) is 1. The Kier molecular flexibility index (Phi) is 12.0. The topological polar surface area (TPSA) is 88.0 Å². The van der Waals surface area contributed by atoms with E-state index < -0.39 is 6.29 Å². The molecule has 0 radical (unpaired) electrons. The summed E-state index contributed by atoms with van der Waals surface area (Å²) in [7, 11) is 0. The minimum Gasteiger partial charge on any atom is -0.379 e. The lowest BCUT2D eigenvalue weighted by molar-refractivity contribution is -0.277. The maximum absolute atomic E-state index is 6.54. The monoisotopic (exact) mass is 572 g/mol. The number of ether oxygens (including phenoxy) is 5. The second-order valence-electron chi connectivity index (χ2n) is 10.8. The first-order valence-electron chi connectivity index (χ1n) is 15.2. The van der Waals surface area contributed by atoms with Crippen LogP contribution in [0.3, 0.4) is 0 Å². The van der Waals surface area contributed by atoms with Gasteiger partial charge in [-0.25, -0.2) is 0 Å². The third-order valence-corrected chi connectivity index (χ3v) is 7.70. The van der Waals surface area contributed by atoms with E-state index in [0.717, 1.165) is 42.3 Å². The summed E-state index contributed by atoms with van der Waals surface area (Å²) in [6, 6.07) is 28.8. The van der Waals surface area contributed by atoms with Crippen molar-refractivity contribution in [1.82, 2.24) is 4.98 Å². The fourth-order valence-electron chi connectivity index (χ4n) is 5.42. The zero-order valence-corrected chi connectivity index (χ0v) is 24.4. The molecule has 0 aliphatic carbocycles. The van der Waals surface area contributed by atoms with Crippen LogP contribution in [0.15, 0.2) is 91.1 Å². The third-order valence-electron chi connectivity index (χ3n) is 7.70. The molecule has 0 saturated carbocycles. The molecule has 2 heterocycles. The van der Waals surface area contributed by atoms with Gasteiger partial charge in [0.25, 0.3) is 0 Å². The van der Waals surface area contributed by atoms with Crippen LogP contribution >= 0.6 is 0 Å². The molecule has 1 aliphatic heterocycles. The zero-order valence-electron chi connectivity index (χ0n) is 24.4. The molecular weight excluding hydrogens is 528 g/mol. The number of hydrogen-bond donors (Lipinski definition) is 2. The number of unbranched alkanes of at least 4 members (excludes halogenated alkanes) is 2. The highest BCUT2D eigenvalue weighted by atomic mass is 16.7. The summed E-state index contributed by atoms with van der Waals surface area (Å²) in [4.78, 5) is 3.35. The minimum atomic E-state index is -0.418. The summed E-state index contributed by atoms with van der Waals surface area (Å²) in [6.07, 6.45) is 5.20. The van der Waals surface area contributed by atoms with E-state index in [9.17, 15) is 0 Å². The first kappa shape index (κ1) is 30.4. The van der Waals surface area contributed by atoms with Gasteiger partial charge in [0.1, 0.15) is 12.2 Å². The molecule has 1 aliphatic rings. The Balaban J connectivity index is 1.26. The number of rotatable bonds is 17. The molecular formula is C35H44N2O5. The Labute approximate surface area is 249 Å². The van der Waals surface area contributed by atoms with Crippen LogP contribution in [0.25, 0.3) is 10.9 Å². The molecule has 1 aromatic heterocycles. The van der Waals surface area contributed by atoms with Crippen molar-refractivity contribution in [3.8, 4) is 0 Å². The molecule has 7 nitrogen and oxygen atoms in total. The van der Waals surface area contributed by atoms with Crippen molar-refractivity contribution in [2.45, 2.75) is 69.9 Å². The number of benzene rings is 3. The van der Waals surface area contributed by atoms with E-state index in [0.29, 0.717) is 46.0 Å². The Morgan fingerprint density at radius 2 is 1.48 bits per heavy atom. The van der Waals surface area contributed by atoms with Crippen molar-refractivity contribution in [3.63, 3.8) is 0 Å². The fourth-order valence-corrected chi connectivity index (χ4v) is 5.42. The molecule has 3 aromatic carbocycles. The van der Waals surface area contributed by atoms with E-state index >= 15 is 0 Å². The number of aromatic amines is 1. The highest BCUT2D eigenvalue weighted by molar-refractivity contribution is 5.83. The molecule has 4 aromatic rings. The SMILES string of the molecule is NCCCCCOC[C@H]1O[C@H](OCCc2c[nH]c3ccccc23)C[C@@H](OCc2ccccc2)[C@@H]1OCc1ccccc1. The molecule has 0 spiro atoms. The van der Waals surface area contributed by atoms with Gasteiger partial charge in [-0.1, -0.05) is 78.9 Å². The smallest absolute Gasteiger partial charge is 0.160 e. The summed E-state index contributed by atoms with van der Waals surface area (Å²) in [6.45, 7) is 3.28. The van der Waals surface area contributed by atoms with Crippen LogP contribution in [0.2, 0.25) is 0 Å². The predicted molar refractivity (Wildman–Crippen MR) is 165 cm³/mol. The lowest BCUT2D eigenvalue weighted by Crippen LogP contribution is -2.53. The van der Waals surface area contributed by atoms with Gasteiger partial charge in [0, 0.05) is 30.1 Å². The average Bonchev–Trinajstić information content (AvgIpc) is 3.45. The van der Waals surface area contributed by atoms with Gasteiger partial charge in [-0.3, -0.25) is 0 Å². The molecule has 5 rings (SSSR count). The van der Waals surface area contributed by atoms with Gasteiger partial charge in [-0.2, -0.15) is 0 Å². The van der Waals surface area contributed by atoms with Gasteiger partial charge in [-0.05, 0) is 55.0 Å². The number of nitrogens with two attached hydrogens (primary N) is 1. The van der Waals surface area contributed by atoms with Crippen molar-refractivity contribution < 1.29 is 23.7 Å². The summed E-state index contributed by atoms with van der Waals surface area (Å²) in [5.74, 6) is 0. The van der Waals surface area contributed by atoms with Crippen LogP contribution in [0, 0.1) is 0 Å². The van der Waals surface area contributed by atoms with Gasteiger partial charge in [0.2, 0.25) is 0 Å². The lowest BCUT2D eigenvalue weighted by atomic mass is 10.0. The lowest BCUT2D eigenvalue weighted by Gasteiger charge is -2.41. The first-order valence-corrected chi connectivity index (χ1v) is 15.2. The maximum Gasteiger partial charge on any atom is 0.160 e. The largest absolute Gasteiger partial charge is 0.379 e. The average molecular weight is 573 g/mol. The molecule has 224 valence electrons. The second kappa shape index (κ2) is 16.6. The maximum atomic E-state index is 6.54. The van der Waals surface area contributed by atoms with E-state index in [1.165, 1.54) is 10.9 Å². The van der Waals surface area contributed by atoms with Gasteiger partial charge in [0.05, 0.1) is 32.5 Å². The normalized spacial score (nSPS) is 20.7. The molecule has 0 amide bonds. The van der Waals surface area contributed by atoms with Gasteiger partial charge in [0.15, 0.2) is 6.29 Å². The summed E-state index contributed by atoms with van der Waals surface area (Å²) in [5.41, 5.74) is 10.3. The van der Waals surface area contributed by atoms with Gasteiger partial charge >= 0.3 is 0 Å². The number of fused-ring (bicyclic) bond motifs is 1. The summed E-state index contributed by atoms with van der Waals surface area (Å²) >= 11 is 0. The Morgan fingerprint density at radius 1 is 0.762 bits per heavy atom. The van der Waals surface area contributed by atoms with Crippen LogP contribution in [0.5, 0.6) is 0 Å². The van der Waals surface area contributed by atoms with Crippen LogP contribution in [-0.2, 0) is 43.3 Å². The van der Waals surface area contributed by atoms with Crippen LogP contribution in [-0.4, -0.2) is 56.0 Å². The van der Waals surface area contributed by atoms with Crippen molar-refractivity contribution in [3.05, 3.63) is 108 Å². The molecule has 42 heavy (non-hydrogen) atoms. The molecule has 0 unspecified atom stereocenters. The van der Waals surface area contributed by atoms with E-state index in [2.05, 4.69) is 53.6 Å². The standard InChI is InChI=1S/C35H44N2O5/c36-19-10-3-11-20-38-26-33-35(41-25-28-14-6-2-7-15-28)32(40-24-27-12-4-1-5-13-27)22-34(42-33)39-21-18-29-23-37-31-17-9-8-16-30(29)31/h1-2,4-9,12-17,23,32-35,37H,3,10-11,18-22,24-26,36H2/t32-,33-,34+,35+/m1/s1. The van der Waals surface area contributed by atoms with E-state index in [4.69, 9.17) is 29.4 Å². The number of hydrogen-bond acceptors (Lipinski definition) is 6. The molecule has 1 saturated heterocycles. The quantitative estimate of drug-likeness (QED) is 0.147. The van der Waals surface area contributed by atoms with E-state index in [-0.39, 0.29) is 18.3 Å². The van der Waals surface area contributed by atoms with E-state index in [1.807, 2.05) is 42.5 Å². The molecule has 7 heteroatoms. The predicted octanol–water partition coefficient (Wildman–Crippen LogP) is 6.16. The van der Waals surface area contributed by atoms with Crippen molar-refractivity contribution >= 4 is 10.9 Å². The van der Waals surface area contributed by atoms with Gasteiger partial charge < -0.3 is 34.4 Å². The molecule has 0 bridgehead atoms. The van der Waals surface area contributed by atoms with Crippen molar-refractivity contribution in [2.75, 3.05) is 26.4 Å².